The molecule has 0 bridgehead atoms. The molecular weight excluding hydrogens is 390 g/mol. The molecule has 5 rings (SSSR count). The molecule has 1 aliphatic heterocycles. The van der Waals surface area contributed by atoms with E-state index in [2.05, 4.69) is 4.99 Å². The Hall–Kier alpha value is -3.70. The molecule has 0 atom stereocenters. The summed E-state index contributed by atoms with van der Waals surface area (Å²) in [6.45, 7) is 0. The van der Waals surface area contributed by atoms with Crippen LogP contribution in [0, 0.1) is 0 Å². The van der Waals surface area contributed by atoms with Crippen molar-refractivity contribution < 1.29 is 13.9 Å². The van der Waals surface area contributed by atoms with Crippen LogP contribution in [0.25, 0.3) is 27.8 Å². The van der Waals surface area contributed by atoms with E-state index in [0.717, 1.165) is 10.8 Å². The van der Waals surface area contributed by atoms with E-state index in [4.69, 9.17) is 20.8 Å². The molecular formula is C23H12ClNO4. The largest absolute Gasteiger partial charge is 0.463 e. The second-order valence-corrected chi connectivity index (χ2v) is 6.96. The molecule has 0 radical (unpaired) electrons. The van der Waals surface area contributed by atoms with E-state index in [-0.39, 0.29) is 22.6 Å². The smallest absolute Gasteiger partial charge is 0.363 e. The Labute approximate surface area is 169 Å². The fourth-order valence-corrected chi connectivity index (χ4v) is 3.47. The van der Waals surface area contributed by atoms with Crippen molar-refractivity contribution in [1.29, 1.82) is 0 Å². The van der Waals surface area contributed by atoms with Gasteiger partial charge in [0.15, 0.2) is 11.1 Å². The molecule has 140 valence electrons. The van der Waals surface area contributed by atoms with E-state index in [1.54, 1.807) is 12.1 Å². The topological polar surface area (TPSA) is 68.9 Å². The van der Waals surface area contributed by atoms with Crippen molar-refractivity contribution in [2.75, 3.05) is 0 Å². The zero-order valence-corrected chi connectivity index (χ0v) is 15.6. The van der Waals surface area contributed by atoms with E-state index < -0.39 is 5.97 Å². The summed E-state index contributed by atoms with van der Waals surface area (Å²) in [4.78, 5) is 29.4. The molecule has 1 aliphatic rings. The minimum atomic E-state index is -0.626. The number of ether oxygens (including phenoxy) is 1. The molecule has 0 fully saturated rings. The standard InChI is InChI=1S/C23H12ClNO4/c24-15-8-9-20-18(11-15)21(26)14(12-28-20)10-19-23(27)29-22(25-19)17-7-3-5-13-4-1-2-6-16(13)17/h1-12H/b19-10+. The molecule has 5 nitrogen and oxygen atoms in total. The van der Waals surface area contributed by atoms with Crippen LogP contribution < -0.4 is 5.43 Å². The minimum absolute atomic E-state index is 0.0293. The van der Waals surface area contributed by atoms with Gasteiger partial charge in [-0.05, 0) is 41.1 Å². The summed E-state index contributed by atoms with van der Waals surface area (Å²) in [5, 5.41) is 2.68. The molecule has 2 heterocycles. The maximum absolute atomic E-state index is 12.7. The van der Waals surface area contributed by atoms with Gasteiger partial charge in [-0.15, -0.1) is 0 Å². The molecule has 0 amide bonds. The Bertz CT molecular complexity index is 1430. The third-order valence-electron chi connectivity index (χ3n) is 4.69. The Morgan fingerprint density at radius 1 is 0.931 bits per heavy atom. The van der Waals surface area contributed by atoms with E-state index in [9.17, 15) is 9.59 Å². The van der Waals surface area contributed by atoms with Crippen LogP contribution in [0.3, 0.4) is 0 Å². The molecule has 0 saturated carbocycles. The summed E-state index contributed by atoms with van der Waals surface area (Å²) in [5.41, 5.74) is 1.03. The molecule has 1 aromatic heterocycles. The number of fused-ring (bicyclic) bond motifs is 2. The Morgan fingerprint density at radius 2 is 1.76 bits per heavy atom. The van der Waals surface area contributed by atoms with Gasteiger partial charge in [0.25, 0.3) is 0 Å². The second-order valence-electron chi connectivity index (χ2n) is 6.52. The third-order valence-corrected chi connectivity index (χ3v) is 4.93. The maximum atomic E-state index is 12.7. The monoisotopic (exact) mass is 401 g/mol. The molecule has 0 unspecified atom stereocenters. The number of halogens is 1. The number of aliphatic imine (C=N–C) groups is 1. The summed E-state index contributed by atoms with van der Waals surface area (Å²) in [6, 6.07) is 18.2. The SMILES string of the molecule is O=C1OC(c2cccc3ccccc23)=N/C1=C/c1coc2ccc(Cl)cc2c1=O. The van der Waals surface area contributed by atoms with Crippen molar-refractivity contribution >= 4 is 51.3 Å². The Balaban J connectivity index is 1.62. The van der Waals surface area contributed by atoms with Crippen LogP contribution in [0.15, 0.2) is 86.8 Å². The van der Waals surface area contributed by atoms with Gasteiger partial charge in [0.2, 0.25) is 5.90 Å². The summed E-state index contributed by atoms with van der Waals surface area (Å²) < 4.78 is 10.9. The third kappa shape index (κ3) is 3.02. The van der Waals surface area contributed by atoms with Crippen LogP contribution in [0.5, 0.6) is 0 Å². The van der Waals surface area contributed by atoms with Gasteiger partial charge in [0.05, 0.1) is 10.9 Å². The first-order valence-corrected chi connectivity index (χ1v) is 9.20. The number of carbonyl (C=O) groups is 1. The summed E-state index contributed by atoms with van der Waals surface area (Å²) in [7, 11) is 0. The highest BCUT2D eigenvalue weighted by Crippen LogP contribution is 2.25. The zero-order valence-electron chi connectivity index (χ0n) is 14.9. The van der Waals surface area contributed by atoms with Crippen LogP contribution in [-0.4, -0.2) is 11.9 Å². The first-order chi connectivity index (χ1) is 14.1. The van der Waals surface area contributed by atoms with Crippen LogP contribution in [0.2, 0.25) is 5.02 Å². The molecule has 6 heteroatoms. The van der Waals surface area contributed by atoms with Gasteiger partial charge in [-0.1, -0.05) is 48.0 Å². The maximum Gasteiger partial charge on any atom is 0.363 e. The molecule has 0 N–H and O–H groups in total. The van der Waals surface area contributed by atoms with Gasteiger partial charge in [0.1, 0.15) is 11.8 Å². The van der Waals surface area contributed by atoms with Crippen molar-refractivity contribution in [2.45, 2.75) is 0 Å². The number of carbonyl (C=O) groups excluding carboxylic acids is 1. The lowest BCUT2D eigenvalue weighted by molar-refractivity contribution is -0.129. The molecule has 0 aliphatic carbocycles. The van der Waals surface area contributed by atoms with Crippen molar-refractivity contribution in [3.05, 3.63) is 99.0 Å². The fourth-order valence-electron chi connectivity index (χ4n) is 3.30. The highest BCUT2D eigenvalue weighted by atomic mass is 35.5. The van der Waals surface area contributed by atoms with Gasteiger partial charge in [-0.25, -0.2) is 9.79 Å². The van der Waals surface area contributed by atoms with E-state index in [1.807, 2.05) is 42.5 Å². The van der Waals surface area contributed by atoms with Crippen LogP contribution in [-0.2, 0) is 9.53 Å². The lowest BCUT2D eigenvalue weighted by Crippen LogP contribution is -2.07. The molecule has 3 aromatic carbocycles. The van der Waals surface area contributed by atoms with Gasteiger partial charge in [0, 0.05) is 10.6 Å². The van der Waals surface area contributed by atoms with Gasteiger partial charge >= 0.3 is 5.97 Å². The first-order valence-electron chi connectivity index (χ1n) is 8.82. The van der Waals surface area contributed by atoms with Gasteiger partial charge < -0.3 is 9.15 Å². The summed E-state index contributed by atoms with van der Waals surface area (Å²) in [6.07, 6.45) is 2.66. The number of esters is 1. The lowest BCUT2D eigenvalue weighted by atomic mass is 10.0. The van der Waals surface area contributed by atoms with E-state index in [1.165, 1.54) is 18.4 Å². The number of rotatable bonds is 2. The quantitative estimate of drug-likeness (QED) is 0.352. The lowest BCUT2D eigenvalue weighted by Gasteiger charge is -2.04. The second kappa shape index (κ2) is 6.72. The molecule has 0 saturated heterocycles. The number of benzene rings is 3. The first kappa shape index (κ1) is 17.4. The molecule has 4 aromatic rings. The van der Waals surface area contributed by atoms with E-state index in [0.29, 0.717) is 21.6 Å². The average molecular weight is 402 g/mol. The highest BCUT2D eigenvalue weighted by molar-refractivity contribution is 6.31. The average Bonchev–Trinajstić information content (AvgIpc) is 3.10. The van der Waals surface area contributed by atoms with Crippen molar-refractivity contribution in [3.8, 4) is 0 Å². The highest BCUT2D eigenvalue weighted by Gasteiger charge is 2.25. The van der Waals surface area contributed by atoms with Crippen LogP contribution in [0.1, 0.15) is 11.1 Å². The van der Waals surface area contributed by atoms with Crippen molar-refractivity contribution in [3.63, 3.8) is 0 Å². The van der Waals surface area contributed by atoms with Gasteiger partial charge in [-0.3, -0.25) is 4.79 Å². The zero-order chi connectivity index (χ0) is 20.0. The number of nitrogens with zero attached hydrogens (tertiary/aromatic N) is 1. The fraction of sp³-hybridized carbons (Fsp3) is 0. The molecule has 29 heavy (non-hydrogen) atoms. The van der Waals surface area contributed by atoms with Crippen LogP contribution in [0.4, 0.5) is 0 Å². The summed E-state index contributed by atoms with van der Waals surface area (Å²) >= 11 is 5.98. The Morgan fingerprint density at radius 3 is 2.66 bits per heavy atom. The molecule has 0 spiro atoms. The van der Waals surface area contributed by atoms with E-state index >= 15 is 0 Å². The van der Waals surface area contributed by atoms with Crippen LogP contribution >= 0.6 is 11.6 Å². The Kier molecular flexibility index (Phi) is 4.03. The predicted molar refractivity (Wildman–Crippen MR) is 112 cm³/mol. The minimum Gasteiger partial charge on any atom is -0.463 e. The normalized spacial score (nSPS) is 15.1. The number of hydrogen-bond acceptors (Lipinski definition) is 5. The van der Waals surface area contributed by atoms with Crippen molar-refractivity contribution in [2.24, 2.45) is 4.99 Å². The van der Waals surface area contributed by atoms with Gasteiger partial charge in [-0.2, -0.15) is 0 Å². The number of hydrogen-bond donors (Lipinski definition) is 0. The number of cyclic esters (lactones) is 1. The summed E-state index contributed by atoms with van der Waals surface area (Å²) in [5.74, 6) is -0.426. The predicted octanol–water partition coefficient (Wildman–Crippen LogP) is 4.94. The van der Waals surface area contributed by atoms with Crippen molar-refractivity contribution in [1.82, 2.24) is 0 Å².